The Morgan fingerprint density at radius 3 is 1.44 bits per heavy atom. The summed E-state index contributed by atoms with van der Waals surface area (Å²) in [7, 11) is 0. The molecular formula is C9H10. The molecule has 0 spiro atoms. The molecule has 0 amide bonds. The molecule has 3 aliphatic rings. The highest BCUT2D eigenvalue weighted by Crippen LogP contribution is 2.52. The minimum Gasteiger partial charge on any atom is -0.0623 e. The lowest BCUT2D eigenvalue weighted by Crippen LogP contribution is -2.03. The molecule has 9 heavy (non-hydrogen) atoms. The smallest absolute Gasteiger partial charge is 0.00964 e. The molecule has 0 bridgehead atoms. The first kappa shape index (κ1) is 4.32. The van der Waals surface area contributed by atoms with Gasteiger partial charge in [0.05, 0.1) is 0 Å². The predicted molar refractivity (Wildman–Crippen MR) is 37.1 cm³/mol. The van der Waals surface area contributed by atoms with Crippen LogP contribution in [0.15, 0.2) is 22.3 Å². The van der Waals surface area contributed by atoms with E-state index in [4.69, 9.17) is 0 Å². The molecule has 3 rings (SSSR count). The fourth-order valence-electron chi connectivity index (χ4n) is 2.23. The molecule has 0 aliphatic heterocycles. The molecule has 0 aromatic carbocycles. The number of hydrogen-bond donors (Lipinski definition) is 0. The van der Waals surface area contributed by atoms with E-state index in [0.717, 1.165) is 0 Å². The highest BCUT2D eigenvalue weighted by atomic mass is 14.4. The third-order valence-electron chi connectivity index (χ3n) is 3.00. The quantitative estimate of drug-likeness (QED) is 0.458. The molecule has 0 radical (unpaired) electrons. The molecule has 0 atom stereocenters. The van der Waals surface area contributed by atoms with Gasteiger partial charge in [0.2, 0.25) is 0 Å². The second-order valence-electron chi connectivity index (χ2n) is 3.34. The molecule has 3 aliphatic carbocycles. The molecule has 0 saturated heterocycles. The van der Waals surface area contributed by atoms with E-state index in [1.165, 1.54) is 32.1 Å². The average molecular weight is 118 g/mol. The van der Waals surface area contributed by atoms with Crippen molar-refractivity contribution in [3.8, 4) is 0 Å². The minimum absolute atomic E-state index is 1.38. The standard InChI is InChI=1S/C9H10/c1-3-8-6(1)5-7-2-4-9(7)8/h1-5H2. The van der Waals surface area contributed by atoms with Crippen molar-refractivity contribution < 1.29 is 0 Å². The van der Waals surface area contributed by atoms with Crippen molar-refractivity contribution in [1.29, 1.82) is 0 Å². The maximum atomic E-state index is 1.79. The summed E-state index contributed by atoms with van der Waals surface area (Å²) in [6.07, 6.45) is 7.04. The van der Waals surface area contributed by atoms with Crippen molar-refractivity contribution in [2.75, 3.05) is 0 Å². The zero-order chi connectivity index (χ0) is 5.84. The van der Waals surface area contributed by atoms with Gasteiger partial charge in [0.15, 0.2) is 0 Å². The topological polar surface area (TPSA) is 0 Å². The van der Waals surface area contributed by atoms with Crippen molar-refractivity contribution in [3.63, 3.8) is 0 Å². The second kappa shape index (κ2) is 1.16. The van der Waals surface area contributed by atoms with Crippen molar-refractivity contribution >= 4 is 0 Å². The van der Waals surface area contributed by atoms with Gasteiger partial charge in [-0.1, -0.05) is 11.1 Å². The summed E-state index contributed by atoms with van der Waals surface area (Å²) in [5, 5.41) is 0. The Hall–Kier alpha value is -0.520. The zero-order valence-corrected chi connectivity index (χ0v) is 5.54. The van der Waals surface area contributed by atoms with Gasteiger partial charge < -0.3 is 0 Å². The third kappa shape index (κ3) is 0.346. The van der Waals surface area contributed by atoms with Gasteiger partial charge in [-0.25, -0.2) is 0 Å². The fraction of sp³-hybridized carbons (Fsp3) is 0.556. The van der Waals surface area contributed by atoms with Crippen LogP contribution in [0.25, 0.3) is 0 Å². The number of allylic oxidation sites excluding steroid dienone is 4. The van der Waals surface area contributed by atoms with Crippen LogP contribution in [0.4, 0.5) is 0 Å². The van der Waals surface area contributed by atoms with Gasteiger partial charge >= 0.3 is 0 Å². The molecule has 0 nitrogen and oxygen atoms in total. The Morgan fingerprint density at radius 2 is 1.22 bits per heavy atom. The lowest BCUT2D eigenvalue weighted by Gasteiger charge is -2.22. The van der Waals surface area contributed by atoms with Crippen LogP contribution in [0.5, 0.6) is 0 Å². The van der Waals surface area contributed by atoms with E-state index < -0.39 is 0 Å². The van der Waals surface area contributed by atoms with E-state index in [-0.39, 0.29) is 0 Å². The maximum Gasteiger partial charge on any atom is -0.00964 e. The Labute approximate surface area is 55.3 Å². The van der Waals surface area contributed by atoms with Crippen LogP contribution in [0.3, 0.4) is 0 Å². The van der Waals surface area contributed by atoms with E-state index in [9.17, 15) is 0 Å². The molecule has 0 unspecified atom stereocenters. The first-order valence-corrected chi connectivity index (χ1v) is 3.87. The van der Waals surface area contributed by atoms with Crippen molar-refractivity contribution in [2.45, 2.75) is 32.1 Å². The molecule has 0 saturated carbocycles. The van der Waals surface area contributed by atoms with E-state index in [0.29, 0.717) is 0 Å². The van der Waals surface area contributed by atoms with E-state index in [1.54, 1.807) is 22.3 Å². The van der Waals surface area contributed by atoms with Gasteiger partial charge in [-0.3, -0.25) is 0 Å². The Kier molecular flexibility index (Phi) is 0.555. The summed E-state index contributed by atoms with van der Waals surface area (Å²) in [4.78, 5) is 0. The van der Waals surface area contributed by atoms with E-state index in [2.05, 4.69) is 0 Å². The van der Waals surface area contributed by atoms with Gasteiger partial charge in [0.25, 0.3) is 0 Å². The van der Waals surface area contributed by atoms with Crippen molar-refractivity contribution in [1.82, 2.24) is 0 Å². The van der Waals surface area contributed by atoms with Gasteiger partial charge in [-0.15, -0.1) is 0 Å². The Morgan fingerprint density at radius 1 is 0.667 bits per heavy atom. The summed E-state index contributed by atoms with van der Waals surface area (Å²) in [5.41, 5.74) is 7.13. The highest BCUT2D eigenvalue weighted by molar-refractivity contribution is 5.56. The molecular weight excluding hydrogens is 108 g/mol. The van der Waals surface area contributed by atoms with E-state index in [1.807, 2.05) is 0 Å². The maximum absolute atomic E-state index is 1.79. The molecule has 0 fully saturated rings. The highest BCUT2D eigenvalue weighted by Gasteiger charge is 2.33. The van der Waals surface area contributed by atoms with Crippen LogP contribution in [-0.2, 0) is 0 Å². The Bertz CT molecular complexity index is 215. The normalized spacial score (nSPS) is 29.3. The number of rotatable bonds is 0. The molecule has 0 aromatic rings. The average Bonchev–Trinajstić information content (AvgIpc) is 1.88. The molecule has 0 N–H and O–H groups in total. The third-order valence-corrected chi connectivity index (χ3v) is 3.00. The SMILES string of the molecule is C1CC2=C1CC1=C2CC1. The lowest BCUT2D eigenvalue weighted by atomic mass is 9.84. The van der Waals surface area contributed by atoms with Crippen LogP contribution in [-0.4, -0.2) is 0 Å². The molecule has 46 valence electrons. The summed E-state index contributed by atoms with van der Waals surface area (Å²) < 4.78 is 0. The Balaban J connectivity index is 2.15. The van der Waals surface area contributed by atoms with Crippen LogP contribution in [0.2, 0.25) is 0 Å². The van der Waals surface area contributed by atoms with Crippen LogP contribution in [0, 0.1) is 0 Å². The van der Waals surface area contributed by atoms with E-state index >= 15 is 0 Å². The van der Waals surface area contributed by atoms with Gasteiger partial charge in [-0.2, -0.15) is 0 Å². The second-order valence-corrected chi connectivity index (χ2v) is 3.34. The number of fused-ring (bicyclic) bond motifs is 1. The first-order chi connectivity index (χ1) is 4.45. The van der Waals surface area contributed by atoms with Crippen LogP contribution < -0.4 is 0 Å². The van der Waals surface area contributed by atoms with Crippen LogP contribution >= 0.6 is 0 Å². The summed E-state index contributed by atoms with van der Waals surface area (Å²) in [6, 6.07) is 0. The predicted octanol–water partition coefficient (Wildman–Crippen LogP) is 2.57. The van der Waals surface area contributed by atoms with Crippen LogP contribution in [0.1, 0.15) is 32.1 Å². The lowest BCUT2D eigenvalue weighted by molar-refractivity contribution is 0.796. The van der Waals surface area contributed by atoms with Gasteiger partial charge in [0.1, 0.15) is 0 Å². The summed E-state index contributed by atoms with van der Waals surface area (Å²) in [5.74, 6) is 0. The first-order valence-electron chi connectivity index (χ1n) is 3.87. The fourth-order valence-corrected chi connectivity index (χ4v) is 2.23. The molecule has 0 aromatic heterocycles. The van der Waals surface area contributed by atoms with Gasteiger partial charge in [0, 0.05) is 0 Å². The number of hydrogen-bond acceptors (Lipinski definition) is 0. The minimum atomic E-state index is 1.38. The molecule has 0 heterocycles. The van der Waals surface area contributed by atoms with Crippen molar-refractivity contribution in [2.24, 2.45) is 0 Å². The zero-order valence-electron chi connectivity index (χ0n) is 5.54. The summed E-state index contributed by atoms with van der Waals surface area (Å²) in [6.45, 7) is 0. The summed E-state index contributed by atoms with van der Waals surface area (Å²) >= 11 is 0. The van der Waals surface area contributed by atoms with Crippen molar-refractivity contribution in [3.05, 3.63) is 22.3 Å². The monoisotopic (exact) mass is 118 g/mol. The molecule has 0 heteroatoms. The largest absolute Gasteiger partial charge is 0.0623 e. The van der Waals surface area contributed by atoms with Gasteiger partial charge in [-0.05, 0) is 43.3 Å².